The molecular formula is C12H24N2O3S. The van der Waals surface area contributed by atoms with Gasteiger partial charge in [-0.15, -0.1) is 0 Å². The maximum atomic E-state index is 11.9. The van der Waals surface area contributed by atoms with Gasteiger partial charge in [-0.25, -0.2) is 12.7 Å². The summed E-state index contributed by atoms with van der Waals surface area (Å²) in [6.07, 6.45) is 5.98. The zero-order chi connectivity index (χ0) is 13.6. The van der Waals surface area contributed by atoms with E-state index in [1.807, 2.05) is 0 Å². The van der Waals surface area contributed by atoms with Crippen molar-refractivity contribution in [2.45, 2.75) is 39.0 Å². The summed E-state index contributed by atoms with van der Waals surface area (Å²) in [6, 6.07) is 0. The first-order valence-corrected chi connectivity index (χ1v) is 8.52. The second kappa shape index (κ2) is 7.09. The molecule has 5 nitrogen and oxygen atoms in total. The zero-order valence-corrected chi connectivity index (χ0v) is 12.1. The van der Waals surface area contributed by atoms with Crippen molar-refractivity contribution >= 4 is 15.9 Å². The van der Waals surface area contributed by atoms with Crippen molar-refractivity contribution in [1.29, 1.82) is 0 Å². The van der Waals surface area contributed by atoms with Crippen LogP contribution in [0.2, 0.25) is 0 Å². The molecule has 0 aromatic rings. The summed E-state index contributed by atoms with van der Waals surface area (Å²) in [6.45, 7) is 3.69. The van der Waals surface area contributed by atoms with Crippen LogP contribution in [-0.2, 0) is 14.8 Å². The standard InChI is InChI=1S/C12H24N2O3S/c1-3-4-5-8-13-12(15)11-7-6-9-14(10-11)18(2,16)17/h11H,3-10H2,1-2H3,(H,13,15). The smallest absolute Gasteiger partial charge is 0.224 e. The third-order valence-corrected chi connectivity index (χ3v) is 4.57. The fraction of sp³-hybridized carbons (Fsp3) is 0.917. The number of piperidine rings is 1. The van der Waals surface area contributed by atoms with Crippen LogP contribution < -0.4 is 5.32 Å². The molecule has 0 aromatic carbocycles. The van der Waals surface area contributed by atoms with Crippen LogP contribution in [0.4, 0.5) is 0 Å². The molecule has 1 heterocycles. The zero-order valence-electron chi connectivity index (χ0n) is 11.3. The van der Waals surface area contributed by atoms with Crippen molar-refractivity contribution in [1.82, 2.24) is 9.62 Å². The first kappa shape index (κ1) is 15.4. The lowest BCUT2D eigenvalue weighted by molar-refractivity contribution is -0.126. The summed E-state index contributed by atoms with van der Waals surface area (Å²) < 4.78 is 24.3. The maximum Gasteiger partial charge on any atom is 0.224 e. The molecule has 0 saturated carbocycles. The Hall–Kier alpha value is -0.620. The SMILES string of the molecule is CCCCCNC(=O)C1CCCN(S(C)(=O)=O)C1. The van der Waals surface area contributed by atoms with E-state index in [1.54, 1.807) is 0 Å². The van der Waals surface area contributed by atoms with Gasteiger partial charge in [-0.05, 0) is 19.3 Å². The first-order valence-electron chi connectivity index (χ1n) is 6.68. The van der Waals surface area contributed by atoms with Crippen LogP contribution in [0.25, 0.3) is 0 Å². The lowest BCUT2D eigenvalue weighted by Gasteiger charge is -2.30. The Kier molecular flexibility index (Phi) is 6.08. The van der Waals surface area contributed by atoms with Crippen molar-refractivity contribution in [2.75, 3.05) is 25.9 Å². The van der Waals surface area contributed by atoms with E-state index >= 15 is 0 Å². The average Bonchev–Trinajstić information content (AvgIpc) is 2.33. The van der Waals surface area contributed by atoms with Crippen molar-refractivity contribution in [3.63, 3.8) is 0 Å². The van der Waals surface area contributed by atoms with E-state index in [-0.39, 0.29) is 11.8 Å². The van der Waals surface area contributed by atoms with E-state index in [9.17, 15) is 13.2 Å². The highest BCUT2D eigenvalue weighted by Crippen LogP contribution is 2.18. The molecule has 106 valence electrons. The normalized spacial score (nSPS) is 21.8. The third-order valence-electron chi connectivity index (χ3n) is 3.30. The number of amides is 1. The van der Waals surface area contributed by atoms with Crippen molar-refractivity contribution in [2.24, 2.45) is 5.92 Å². The van der Waals surface area contributed by atoms with Gasteiger partial charge in [0.15, 0.2) is 0 Å². The molecule has 18 heavy (non-hydrogen) atoms. The van der Waals surface area contributed by atoms with Gasteiger partial charge in [0.05, 0.1) is 12.2 Å². The van der Waals surface area contributed by atoms with E-state index in [0.29, 0.717) is 19.6 Å². The van der Waals surface area contributed by atoms with Crippen molar-refractivity contribution in [3.05, 3.63) is 0 Å². The molecule has 0 radical (unpaired) electrons. The molecule has 1 amide bonds. The number of carbonyl (C=O) groups excluding carboxylic acids is 1. The lowest BCUT2D eigenvalue weighted by Crippen LogP contribution is -2.45. The van der Waals surface area contributed by atoms with Crippen LogP contribution >= 0.6 is 0 Å². The van der Waals surface area contributed by atoms with E-state index in [0.717, 1.165) is 32.1 Å². The van der Waals surface area contributed by atoms with Crippen LogP contribution in [0, 0.1) is 5.92 Å². The van der Waals surface area contributed by atoms with E-state index < -0.39 is 10.0 Å². The number of unbranched alkanes of at least 4 members (excludes halogenated alkanes) is 2. The number of rotatable bonds is 6. The van der Waals surface area contributed by atoms with Crippen molar-refractivity contribution < 1.29 is 13.2 Å². The molecule has 6 heteroatoms. The highest BCUT2D eigenvalue weighted by atomic mass is 32.2. The van der Waals surface area contributed by atoms with Crippen LogP contribution in [0.3, 0.4) is 0 Å². The molecule has 0 aromatic heterocycles. The Balaban J connectivity index is 2.39. The minimum atomic E-state index is -3.17. The molecular weight excluding hydrogens is 252 g/mol. The molecule has 1 atom stereocenters. The molecule has 1 rings (SSSR count). The highest BCUT2D eigenvalue weighted by molar-refractivity contribution is 7.88. The summed E-state index contributed by atoms with van der Waals surface area (Å²) in [5, 5.41) is 2.90. The highest BCUT2D eigenvalue weighted by Gasteiger charge is 2.29. The Morgan fingerprint density at radius 2 is 2.11 bits per heavy atom. The summed E-state index contributed by atoms with van der Waals surface area (Å²) >= 11 is 0. The summed E-state index contributed by atoms with van der Waals surface area (Å²) in [5.74, 6) is -0.186. The molecule has 0 bridgehead atoms. The number of hydrogen-bond acceptors (Lipinski definition) is 3. The van der Waals surface area contributed by atoms with Gasteiger partial charge < -0.3 is 5.32 Å². The van der Waals surface area contributed by atoms with Gasteiger partial charge >= 0.3 is 0 Å². The van der Waals surface area contributed by atoms with Crippen molar-refractivity contribution in [3.8, 4) is 0 Å². The van der Waals surface area contributed by atoms with Gasteiger partial charge in [-0.2, -0.15) is 0 Å². The Bertz CT molecular complexity index is 368. The summed E-state index contributed by atoms with van der Waals surface area (Å²) in [4.78, 5) is 11.9. The lowest BCUT2D eigenvalue weighted by atomic mass is 9.99. The van der Waals surface area contributed by atoms with E-state index in [2.05, 4.69) is 12.2 Å². The molecule has 1 N–H and O–H groups in total. The minimum absolute atomic E-state index is 0.000506. The molecule has 1 saturated heterocycles. The van der Waals surface area contributed by atoms with Gasteiger partial charge in [0.25, 0.3) is 0 Å². The third kappa shape index (κ3) is 4.94. The monoisotopic (exact) mass is 276 g/mol. The van der Waals surface area contributed by atoms with Gasteiger partial charge in [0.1, 0.15) is 0 Å². The number of nitrogens with zero attached hydrogens (tertiary/aromatic N) is 1. The molecule has 1 aliphatic heterocycles. The molecule has 1 unspecified atom stereocenters. The van der Waals surface area contributed by atoms with Crippen LogP contribution in [0.5, 0.6) is 0 Å². The number of sulfonamides is 1. The van der Waals surface area contributed by atoms with Crippen LogP contribution in [-0.4, -0.2) is 44.5 Å². The summed E-state index contributed by atoms with van der Waals surface area (Å²) in [7, 11) is -3.17. The van der Waals surface area contributed by atoms with Gasteiger partial charge in [0, 0.05) is 19.6 Å². The van der Waals surface area contributed by atoms with Gasteiger partial charge in [-0.3, -0.25) is 4.79 Å². The van der Waals surface area contributed by atoms with Gasteiger partial charge in [-0.1, -0.05) is 19.8 Å². The first-order chi connectivity index (χ1) is 8.45. The van der Waals surface area contributed by atoms with E-state index in [4.69, 9.17) is 0 Å². The predicted molar refractivity (Wildman–Crippen MR) is 71.7 cm³/mol. The predicted octanol–water partition coefficient (Wildman–Crippen LogP) is 0.964. The maximum absolute atomic E-state index is 11.9. The quantitative estimate of drug-likeness (QED) is 0.735. The topological polar surface area (TPSA) is 66.5 Å². The second-order valence-corrected chi connectivity index (χ2v) is 6.94. The second-order valence-electron chi connectivity index (χ2n) is 4.96. The summed E-state index contributed by atoms with van der Waals surface area (Å²) in [5.41, 5.74) is 0. The minimum Gasteiger partial charge on any atom is -0.356 e. The number of nitrogens with one attached hydrogen (secondary N) is 1. The molecule has 0 aliphatic carbocycles. The Labute approximate surface area is 110 Å². The van der Waals surface area contributed by atoms with Crippen LogP contribution in [0.15, 0.2) is 0 Å². The van der Waals surface area contributed by atoms with Gasteiger partial charge in [0.2, 0.25) is 15.9 Å². The largest absolute Gasteiger partial charge is 0.356 e. The average molecular weight is 276 g/mol. The fourth-order valence-electron chi connectivity index (χ4n) is 2.19. The van der Waals surface area contributed by atoms with Crippen LogP contribution in [0.1, 0.15) is 39.0 Å². The Morgan fingerprint density at radius 3 is 2.72 bits per heavy atom. The molecule has 1 fully saturated rings. The number of carbonyl (C=O) groups is 1. The van der Waals surface area contributed by atoms with E-state index in [1.165, 1.54) is 10.6 Å². The molecule has 0 spiro atoms. The fourth-order valence-corrected chi connectivity index (χ4v) is 3.10. The molecule has 1 aliphatic rings. The Morgan fingerprint density at radius 1 is 1.39 bits per heavy atom. The number of hydrogen-bond donors (Lipinski definition) is 1.